The first-order valence-electron chi connectivity index (χ1n) is 4.14. The van der Waals surface area contributed by atoms with Gasteiger partial charge in [-0.1, -0.05) is 0 Å². The number of nitrogens with zero attached hydrogens (tertiary/aromatic N) is 1. The van der Waals surface area contributed by atoms with Crippen LogP contribution in [0.5, 0.6) is 0 Å². The smallest absolute Gasteiger partial charge is 0.293 e. The number of rotatable bonds is 2. The van der Waals surface area contributed by atoms with Crippen molar-refractivity contribution in [2.24, 2.45) is 0 Å². The summed E-state index contributed by atoms with van der Waals surface area (Å²) < 4.78 is 13.1. The summed E-state index contributed by atoms with van der Waals surface area (Å²) in [6.45, 7) is 2.61. The number of nitrogens with one attached hydrogen (secondary N) is 1. The number of carbonyl (C=O) groups is 1. The number of carbonyl (C=O) groups excluding carboxylic acids is 1. The third-order valence-corrected chi connectivity index (χ3v) is 1.78. The van der Waals surface area contributed by atoms with Crippen molar-refractivity contribution in [2.45, 2.75) is 13.8 Å². The minimum atomic E-state index is -0.669. The molecule has 0 unspecified atom stereocenters. The van der Waals surface area contributed by atoms with E-state index in [0.717, 1.165) is 12.1 Å². The van der Waals surface area contributed by atoms with Gasteiger partial charge in [0.1, 0.15) is 11.5 Å². The number of hydrogen-bond donors (Lipinski definition) is 1. The molecule has 0 aliphatic heterocycles. The second-order valence-corrected chi connectivity index (χ2v) is 3.06. The average Bonchev–Trinajstić information content (AvgIpc) is 2.09. The number of anilines is 1. The Morgan fingerprint density at radius 1 is 1.53 bits per heavy atom. The van der Waals surface area contributed by atoms with Gasteiger partial charge in [-0.3, -0.25) is 14.9 Å². The van der Waals surface area contributed by atoms with Crippen LogP contribution in [0, 0.1) is 22.9 Å². The molecule has 6 heteroatoms. The van der Waals surface area contributed by atoms with Crippen LogP contribution in [0.3, 0.4) is 0 Å². The van der Waals surface area contributed by atoms with Crippen molar-refractivity contribution in [3.63, 3.8) is 0 Å². The van der Waals surface area contributed by atoms with Gasteiger partial charge in [0, 0.05) is 19.1 Å². The number of hydrogen-bond acceptors (Lipinski definition) is 3. The summed E-state index contributed by atoms with van der Waals surface area (Å²) in [5.41, 5.74) is -0.282. The molecule has 1 rings (SSSR count). The second kappa shape index (κ2) is 4.04. The molecule has 1 N–H and O–H groups in total. The van der Waals surface area contributed by atoms with Crippen molar-refractivity contribution in [3.8, 4) is 0 Å². The van der Waals surface area contributed by atoms with Crippen LogP contribution in [0.15, 0.2) is 12.1 Å². The Kier molecular flexibility index (Phi) is 2.99. The van der Waals surface area contributed by atoms with Crippen LogP contribution >= 0.6 is 0 Å². The first kappa shape index (κ1) is 11.1. The number of nitro benzene ring substituents is 1. The van der Waals surface area contributed by atoms with E-state index in [1.807, 2.05) is 0 Å². The first-order valence-corrected chi connectivity index (χ1v) is 4.14. The average molecular weight is 212 g/mol. The molecule has 0 heterocycles. The highest BCUT2D eigenvalue weighted by atomic mass is 19.1. The Morgan fingerprint density at radius 2 is 2.13 bits per heavy atom. The van der Waals surface area contributed by atoms with Crippen molar-refractivity contribution >= 4 is 17.3 Å². The van der Waals surface area contributed by atoms with E-state index in [1.54, 1.807) is 0 Å². The largest absolute Gasteiger partial charge is 0.321 e. The predicted molar refractivity (Wildman–Crippen MR) is 52.1 cm³/mol. The molecule has 0 atom stereocenters. The fourth-order valence-electron chi connectivity index (χ4n) is 1.11. The number of benzene rings is 1. The number of nitro groups is 1. The van der Waals surface area contributed by atoms with Gasteiger partial charge in [0.25, 0.3) is 5.69 Å². The van der Waals surface area contributed by atoms with Crippen molar-refractivity contribution in [1.29, 1.82) is 0 Å². The van der Waals surface area contributed by atoms with E-state index in [2.05, 4.69) is 5.32 Å². The third-order valence-electron chi connectivity index (χ3n) is 1.78. The first-order chi connectivity index (χ1) is 6.91. The summed E-state index contributed by atoms with van der Waals surface area (Å²) in [5, 5.41) is 12.8. The van der Waals surface area contributed by atoms with Crippen LogP contribution in [0.2, 0.25) is 0 Å². The van der Waals surface area contributed by atoms with Crippen molar-refractivity contribution < 1.29 is 14.1 Å². The molecule has 0 spiro atoms. The molecular weight excluding hydrogens is 203 g/mol. The van der Waals surface area contributed by atoms with Crippen LogP contribution in [0.4, 0.5) is 15.8 Å². The molecule has 0 saturated heterocycles. The van der Waals surface area contributed by atoms with Crippen LogP contribution in [0.25, 0.3) is 0 Å². The van der Waals surface area contributed by atoms with Gasteiger partial charge in [0.05, 0.1) is 4.92 Å². The molecule has 0 saturated carbocycles. The van der Waals surface area contributed by atoms with Crippen molar-refractivity contribution in [3.05, 3.63) is 33.6 Å². The summed E-state index contributed by atoms with van der Waals surface area (Å²) in [6.07, 6.45) is 0. The molecule has 1 amide bonds. The Bertz CT molecular complexity index is 432. The van der Waals surface area contributed by atoms with Gasteiger partial charge >= 0.3 is 0 Å². The highest BCUT2D eigenvalue weighted by Crippen LogP contribution is 2.27. The molecule has 0 aliphatic carbocycles. The normalized spacial score (nSPS) is 9.80. The van der Waals surface area contributed by atoms with Crippen molar-refractivity contribution in [1.82, 2.24) is 0 Å². The Labute approximate surface area is 85.1 Å². The second-order valence-electron chi connectivity index (χ2n) is 3.06. The topological polar surface area (TPSA) is 72.2 Å². The molecule has 0 aromatic heterocycles. The van der Waals surface area contributed by atoms with E-state index >= 15 is 0 Å². The summed E-state index contributed by atoms with van der Waals surface area (Å²) >= 11 is 0. The van der Waals surface area contributed by atoms with E-state index in [-0.39, 0.29) is 16.9 Å². The summed E-state index contributed by atoms with van der Waals surface area (Å²) in [4.78, 5) is 20.7. The summed E-state index contributed by atoms with van der Waals surface area (Å²) in [6, 6.07) is 2.02. The lowest BCUT2D eigenvalue weighted by atomic mass is 10.2. The molecular formula is C9H9FN2O3. The van der Waals surface area contributed by atoms with E-state index in [0.29, 0.717) is 0 Å². The zero-order valence-electron chi connectivity index (χ0n) is 8.20. The van der Waals surface area contributed by atoms with Gasteiger partial charge in [0.15, 0.2) is 0 Å². The summed E-state index contributed by atoms with van der Waals surface area (Å²) in [7, 11) is 0. The molecule has 0 radical (unpaired) electrons. The number of aryl methyl sites for hydroxylation is 1. The molecule has 0 fully saturated rings. The maximum atomic E-state index is 13.1. The van der Waals surface area contributed by atoms with Gasteiger partial charge < -0.3 is 5.32 Å². The molecule has 0 bridgehead atoms. The number of halogens is 1. The lowest BCUT2D eigenvalue weighted by molar-refractivity contribution is -0.384. The lowest BCUT2D eigenvalue weighted by Crippen LogP contribution is -2.08. The standard InChI is InChI=1S/C9H9FN2O3/c1-5-3-9(12(14)15)8(4-7(5)10)11-6(2)13/h3-4H,1-2H3,(H,11,13). The fourth-order valence-corrected chi connectivity index (χ4v) is 1.11. The highest BCUT2D eigenvalue weighted by Gasteiger charge is 2.17. The Balaban J connectivity index is 3.28. The molecule has 5 nitrogen and oxygen atoms in total. The van der Waals surface area contributed by atoms with Gasteiger partial charge in [-0.15, -0.1) is 0 Å². The number of amides is 1. The minimum absolute atomic E-state index is 0.129. The van der Waals surface area contributed by atoms with Gasteiger partial charge in [-0.25, -0.2) is 4.39 Å². The lowest BCUT2D eigenvalue weighted by Gasteiger charge is -2.05. The van der Waals surface area contributed by atoms with E-state index in [9.17, 15) is 19.3 Å². The zero-order chi connectivity index (χ0) is 11.6. The fraction of sp³-hybridized carbons (Fsp3) is 0.222. The SMILES string of the molecule is CC(=O)Nc1cc(F)c(C)cc1[N+](=O)[O-]. The summed E-state index contributed by atoms with van der Waals surface area (Å²) in [5.74, 6) is -1.08. The van der Waals surface area contributed by atoms with E-state index in [1.165, 1.54) is 13.8 Å². The maximum absolute atomic E-state index is 13.1. The molecule has 1 aromatic carbocycles. The zero-order valence-corrected chi connectivity index (χ0v) is 8.20. The molecule has 15 heavy (non-hydrogen) atoms. The minimum Gasteiger partial charge on any atom is -0.321 e. The molecule has 1 aromatic rings. The van der Waals surface area contributed by atoms with Crippen LogP contribution in [-0.4, -0.2) is 10.8 Å². The van der Waals surface area contributed by atoms with Gasteiger partial charge in [0.2, 0.25) is 5.91 Å². The molecule has 80 valence electrons. The van der Waals surface area contributed by atoms with Crippen LogP contribution < -0.4 is 5.32 Å². The third kappa shape index (κ3) is 2.49. The van der Waals surface area contributed by atoms with E-state index < -0.39 is 16.6 Å². The van der Waals surface area contributed by atoms with Gasteiger partial charge in [-0.2, -0.15) is 0 Å². The van der Waals surface area contributed by atoms with Crippen LogP contribution in [0.1, 0.15) is 12.5 Å². The predicted octanol–water partition coefficient (Wildman–Crippen LogP) is 2.00. The van der Waals surface area contributed by atoms with E-state index in [4.69, 9.17) is 0 Å². The van der Waals surface area contributed by atoms with Crippen molar-refractivity contribution in [2.75, 3.05) is 5.32 Å². The highest BCUT2D eigenvalue weighted by molar-refractivity contribution is 5.91. The monoisotopic (exact) mass is 212 g/mol. The quantitative estimate of drug-likeness (QED) is 0.601. The molecule has 0 aliphatic rings. The van der Waals surface area contributed by atoms with Crippen LogP contribution in [-0.2, 0) is 4.79 Å². The Morgan fingerprint density at radius 3 is 2.60 bits per heavy atom. The Hall–Kier alpha value is -1.98. The van der Waals surface area contributed by atoms with Gasteiger partial charge in [-0.05, 0) is 12.5 Å². The maximum Gasteiger partial charge on any atom is 0.293 e.